The number of amides is 3. The van der Waals surface area contributed by atoms with Crippen molar-refractivity contribution in [1.82, 2.24) is 4.90 Å². The van der Waals surface area contributed by atoms with Crippen LogP contribution in [-0.4, -0.2) is 29.2 Å². The fraction of sp³-hybridized carbons (Fsp3) is 0.0588. The van der Waals surface area contributed by atoms with E-state index in [1.165, 1.54) is 0 Å². The van der Waals surface area contributed by atoms with Crippen LogP contribution in [-0.2, 0) is 4.79 Å². The van der Waals surface area contributed by atoms with Crippen molar-refractivity contribution in [3.8, 4) is 6.07 Å². The number of nitrogens with one attached hydrogen (secondary N) is 1. The van der Waals surface area contributed by atoms with Crippen molar-refractivity contribution < 1.29 is 14.4 Å². The largest absolute Gasteiger partial charge is 0.325 e. The van der Waals surface area contributed by atoms with Gasteiger partial charge in [-0.05, 0) is 36.4 Å². The van der Waals surface area contributed by atoms with Gasteiger partial charge in [0.2, 0.25) is 5.91 Å². The topological polar surface area (TPSA) is 90.3 Å². The maximum atomic E-state index is 12.2. The van der Waals surface area contributed by atoms with Crippen LogP contribution in [0.5, 0.6) is 0 Å². The van der Waals surface area contributed by atoms with Crippen LogP contribution >= 0.6 is 0 Å². The van der Waals surface area contributed by atoms with E-state index in [2.05, 4.69) is 5.32 Å². The van der Waals surface area contributed by atoms with Gasteiger partial charge in [-0.2, -0.15) is 5.26 Å². The van der Waals surface area contributed by atoms with Crippen LogP contribution in [0.3, 0.4) is 0 Å². The van der Waals surface area contributed by atoms with E-state index in [9.17, 15) is 14.4 Å². The molecule has 3 rings (SSSR count). The number of anilines is 1. The van der Waals surface area contributed by atoms with E-state index >= 15 is 0 Å². The van der Waals surface area contributed by atoms with Crippen molar-refractivity contribution in [3.63, 3.8) is 0 Å². The molecule has 1 aliphatic rings. The first-order valence-electron chi connectivity index (χ1n) is 6.85. The monoisotopic (exact) mass is 305 g/mol. The van der Waals surface area contributed by atoms with Crippen molar-refractivity contribution in [2.24, 2.45) is 0 Å². The highest BCUT2D eigenvalue weighted by Crippen LogP contribution is 2.22. The fourth-order valence-electron chi connectivity index (χ4n) is 2.35. The van der Waals surface area contributed by atoms with Crippen molar-refractivity contribution >= 4 is 23.4 Å². The average molecular weight is 305 g/mol. The van der Waals surface area contributed by atoms with Crippen LogP contribution in [0, 0.1) is 11.3 Å². The van der Waals surface area contributed by atoms with Crippen molar-refractivity contribution in [1.29, 1.82) is 5.26 Å². The molecule has 0 saturated carbocycles. The molecule has 1 aliphatic heterocycles. The second-order valence-electron chi connectivity index (χ2n) is 4.98. The molecule has 0 atom stereocenters. The Morgan fingerprint density at radius 1 is 1.00 bits per heavy atom. The molecule has 2 aromatic rings. The zero-order valence-corrected chi connectivity index (χ0v) is 11.9. The van der Waals surface area contributed by atoms with Crippen LogP contribution in [0.2, 0.25) is 0 Å². The molecule has 6 nitrogen and oxygen atoms in total. The van der Waals surface area contributed by atoms with E-state index in [4.69, 9.17) is 5.26 Å². The van der Waals surface area contributed by atoms with Gasteiger partial charge in [0.25, 0.3) is 11.8 Å². The van der Waals surface area contributed by atoms with Crippen molar-refractivity contribution in [2.75, 3.05) is 11.9 Å². The Morgan fingerprint density at radius 2 is 1.57 bits per heavy atom. The second kappa shape index (κ2) is 5.73. The summed E-state index contributed by atoms with van der Waals surface area (Å²) in [6, 6.07) is 14.7. The number of hydrogen-bond acceptors (Lipinski definition) is 4. The number of hydrogen-bond donors (Lipinski definition) is 1. The van der Waals surface area contributed by atoms with Gasteiger partial charge in [0.15, 0.2) is 0 Å². The van der Waals surface area contributed by atoms with Crippen LogP contribution in [0.4, 0.5) is 5.69 Å². The highest BCUT2D eigenvalue weighted by Gasteiger charge is 2.36. The molecule has 3 amide bonds. The van der Waals surface area contributed by atoms with Crippen molar-refractivity contribution in [3.05, 3.63) is 65.2 Å². The predicted octanol–water partition coefficient (Wildman–Crippen LogP) is 1.79. The van der Waals surface area contributed by atoms with Gasteiger partial charge in [0.05, 0.1) is 22.8 Å². The minimum atomic E-state index is -0.482. The van der Waals surface area contributed by atoms with Crippen molar-refractivity contribution in [2.45, 2.75) is 0 Å². The lowest BCUT2D eigenvalue weighted by Gasteiger charge is -2.13. The molecule has 1 heterocycles. The highest BCUT2D eigenvalue weighted by molar-refractivity contribution is 6.22. The lowest BCUT2D eigenvalue weighted by Crippen LogP contribution is -2.37. The molecule has 0 aromatic heterocycles. The summed E-state index contributed by atoms with van der Waals surface area (Å²) in [6.45, 7) is -0.355. The number of fused-ring (bicyclic) bond motifs is 1. The van der Waals surface area contributed by atoms with E-state index in [1.807, 2.05) is 6.07 Å². The molecular weight excluding hydrogens is 294 g/mol. The summed E-state index contributed by atoms with van der Waals surface area (Å²) in [7, 11) is 0. The van der Waals surface area contributed by atoms with Crippen LogP contribution < -0.4 is 5.32 Å². The Kier molecular flexibility index (Phi) is 3.61. The first-order chi connectivity index (χ1) is 11.1. The normalized spacial score (nSPS) is 12.7. The molecule has 0 aliphatic carbocycles. The lowest BCUT2D eigenvalue weighted by molar-refractivity contribution is -0.116. The first-order valence-corrected chi connectivity index (χ1v) is 6.85. The molecular formula is C17H11N3O3. The van der Waals surface area contributed by atoms with E-state index in [0.29, 0.717) is 22.4 Å². The van der Waals surface area contributed by atoms with Crippen LogP contribution in [0.25, 0.3) is 0 Å². The van der Waals surface area contributed by atoms with E-state index in [1.54, 1.807) is 48.5 Å². The minimum absolute atomic E-state index is 0.309. The number of nitriles is 1. The highest BCUT2D eigenvalue weighted by atomic mass is 16.2. The summed E-state index contributed by atoms with van der Waals surface area (Å²) in [5.74, 6) is -1.43. The Morgan fingerprint density at radius 3 is 2.09 bits per heavy atom. The van der Waals surface area contributed by atoms with Gasteiger partial charge >= 0.3 is 0 Å². The van der Waals surface area contributed by atoms with Gasteiger partial charge in [-0.1, -0.05) is 12.1 Å². The average Bonchev–Trinajstić information content (AvgIpc) is 2.81. The van der Waals surface area contributed by atoms with E-state index in [0.717, 1.165) is 4.90 Å². The zero-order valence-electron chi connectivity index (χ0n) is 11.9. The third-order valence-electron chi connectivity index (χ3n) is 3.48. The third-order valence-corrected chi connectivity index (χ3v) is 3.48. The standard InChI is InChI=1S/C17H11N3O3/c18-9-11-5-7-12(8-6-11)19-15(21)10-20-16(22)13-3-1-2-4-14(13)17(20)23/h1-8H,10H2,(H,19,21). The Balaban J connectivity index is 1.70. The number of benzene rings is 2. The molecule has 0 spiro atoms. The summed E-state index contributed by atoms with van der Waals surface area (Å²) in [6.07, 6.45) is 0. The van der Waals surface area contributed by atoms with Gasteiger partial charge in [-0.25, -0.2) is 0 Å². The van der Waals surface area contributed by atoms with Crippen LogP contribution in [0.1, 0.15) is 26.3 Å². The van der Waals surface area contributed by atoms with E-state index in [-0.39, 0.29) is 6.54 Å². The Hall–Kier alpha value is -3.46. The van der Waals surface area contributed by atoms with Gasteiger partial charge in [0.1, 0.15) is 6.54 Å². The molecule has 0 saturated heterocycles. The fourth-order valence-corrected chi connectivity index (χ4v) is 2.35. The zero-order chi connectivity index (χ0) is 16.4. The second-order valence-corrected chi connectivity index (χ2v) is 4.98. The molecule has 23 heavy (non-hydrogen) atoms. The van der Waals surface area contributed by atoms with Gasteiger partial charge in [-0.3, -0.25) is 19.3 Å². The summed E-state index contributed by atoms with van der Waals surface area (Å²) >= 11 is 0. The number of nitrogens with zero attached hydrogens (tertiary/aromatic N) is 2. The van der Waals surface area contributed by atoms with Crippen LogP contribution in [0.15, 0.2) is 48.5 Å². The minimum Gasteiger partial charge on any atom is -0.325 e. The number of rotatable bonds is 3. The van der Waals surface area contributed by atoms with Gasteiger partial charge in [0, 0.05) is 5.69 Å². The Bertz CT molecular complexity index is 815. The molecule has 0 bridgehead atoms. The van der Waals surface area contributed by atoms with Gasteiger partial charge < -0.3 is 5.32 Å². The molecule has 0 unspecified atom stereocenters. The number of carbonyl (C=O) groups excluding carboxylic acids is 3. The maximum Gasteiger partial charge on any atom is 0.262 e. The molecule has 0 fully saturated rings. The number of imide groups is 1. The summed E-state index contributed by atoms with van der Waals surface area (Å²) in [5.41, 5.74) is 1.58. The Labute approximate surface area is 131 Å². The predicted molar refractivity (Wildman–Crippen MR) is 81.6 cm³/mol. The summed E-state index contributed by atoms with van der Waals surface area (Å²) in [5, 5.41) is 11.3. The molecule has 1 N–H and O–H groups in total. The summed E-state index contributed by atoms with van der Waals surface area (Å²) in [4.78, 5) is 37.3. The quantitative estimate of drug-likeness (QED) is 0.875. The molecule has 6 heteroatoms. The molecule has 0 radical (unpaired) electrons. The lowest BCUT2D eigenvalue weighted by atomic mass is 10.1. The SMILES string of the molecule is N#Cc1ccc(NC(=O)CN2C(=O)c3ccccc3C2=O)cc1. The molecule has 2 aromatic carbocycles. The molecule has 112 valence electrons. The maximum absolute atomic E-state index is 12.2. The van der Waals surface area contributed by atoms with E-state index < -0.39 is 17.7 Å². The first kappa shape index (κ1) is 14.5. The summed E-state index contributed by atoms with van der Waals surface area (Å²) < 4.78 is 0. The number of carbonyl (C=O) groups is 3. The third kappa shape index (κ3) is 2.68. The smallest absolute Gasteiger partial charge is 0.262 e. The van der Waals surface area contributed by atoms with Gasteiger partial charge in [-0.15, -0.1) is 0 Å².